The fraction of sp³-hybridized carbons (Fsp3) is 0.240. The second-order valence-electron chi connectivity index (χ2n) is 8.18. The molecule has 0 aliphatic carbocycles. The summed E-state index contributed by atoms with van der Waals surface area (Å²) in [6.45, 7) is 8.22. The summed E-state index contributed by atoms with van der Waals surface area (Å²) in [5.74, 6) is 0.377. The number of aryl methyl sites for hydroxylation is 4. The number of anilines is 1. The molecule has 0 bridgehead atoms. The van der Waals surface area contributed by atoms with Crippen LogP contribution in [0.3, 0.4) is 0 Å². The number of amides is 2. The van der Waals surface area contributed by atoms with E-state index in [0.717, 1.165) is 27.9 Å². The van der Waals surface area contributed by atoms with Crippen LogP contribution in [0.15, 0.2) is 53.1 Å². The third-order valence-corrected chi connectivity index (χ3v) is 7.11. The summed E-state index contributed by atoms with van der Waals surface area (Å²) < 4.78 is 1.91. The van der Waals surface area contributed by atoms with Gasteiger partial charge >= 0.3 is 0 Å². The number of rotatable bonds is 8. The fourth-order valence-electron chi connectivity index (χ4n) is 3.43. The Kier molecular flexibility index (Phi) is 7.62. The lowest BCUT2D eigenvalue weighted by Crippen LogP contribution is -2.25. The minimum absolute atomic E-state index is 0.150. The van der Waals surface area contributed by atoms with Crippen LogP contribution in [0.1, 0.15) is 38.4 Å². The zero-order valence-corrected chi connectivity index (χ0v) is 21.6. The second-order valence-corrected chi connectivity index (χ2v) is 10.0. The zero-order valence-electron chi connectivity index (χ0n) is 20.0. The Morgan fingerprint density at radius 3 is 2.54 bits per heavy atom. The summed E-state index contributed by atoms with van der Waals surface area (Å²) in [6.07, 6.45) is 1.64. The van der Waals surface area contributed by atoms with Crippen molar-refractivity contribution in [1.82, 2.24) is 25.1 Å². The first kappa shape index (κ1) is 24.6. The molecule has 8 nitrogen and oxygen atoms in total. The summed E-state index contributed by atoms with van der Waals surface area (Å²) in [6, 6.07) is 11.8. The zero-order chi connectivity index (χ0) is 24.9. The largest absolute Gasteiger partial charge is 0.345 e. The molecule has 0 saturated heterocycles. The van der Waals surface area contributed by atoms with Crippen LogP contribution in [0.5, 0.6) is 0 Å². The van der Waals surface area contributed by atoms with Crippen LogP contribution >= 0.6 is 23.1 Å². The van der Waals surface area contributed by atoms with Crippen molar-refractivity contribution < 1.29 is 9.59 Å². The highest BCUT2D eigenvalue weighted by atomic mass is 32.2. The first-order valence-corrected chi connectivity index (χ1v) is 12.9. The van der Waals surface area contributed by atoms with Gasteiger partial charge in [-0.25, -0.2) is 4.98 Å². The van der Waals surface area contributed by atoms with E-state index in [-0.39, 0.29) is 24.1 Å². The molecule has 2 aromatic carbocycles. The summed E-state index contributed by atoms with van der Waals surface area (Å²) >= 11 is 2.65. The Balaban J connectivity index is 1.56. The van der Waals surface area contributed by atoms with Crippen molar-refractivity contribution in [3.05, 3.63) is 81.6 Å². The molecule has 2 heterocycles. The molecule has 10 heteroatoms. The third kappa shape index (κ3) is 5.95. The van der Waals surface area contributed by atoms with E-state index in [9.17, 15) is 9.59 Å². The molecule has 0 saturated carbocycles. The third-order valence-electron chi connectivity index (χ3n) is 5.49. The molecular weight excluding hydrogens is 480 g/mol. The van der Waals surface area contributed by atoms with Gasteiger partial charge in [-0.2, -0.15) is 0 Å². The average molecular weight is 507 g/mol. The maximum atomic E-state index is 12.8. The van der Waals surface area contributed by atoms with Gasteiger partial charge in [0.05, 0.1) is 18.0 Å². The maximum Gasteiger partial charge on any atom is 0.251 e. The van der Waals surface area contributed by atoms with Gasteiger partial charge in [-0.1, -0.05) is 30.0 Å². The van der Waals surface area contributed by atoms with E-state index in [2.05, 4.69) is 25.8 Å². The number of aromatic nitrogens is 4. The first-order valence-electron chi connectivity index (χ1n) is 11.0. The minimum atomic E-state index is -0.180. The van der Waals surface area contributed by atoms with Crippen LogP contribution < -0.4 is 10.6 Å². The number of benzene rings is 2. The first-order chi connectivity index (χ1) is 16.8. The van der Waals surface area contributed by atoms with Crippen LogP contribution in [-0.4, -0.2) is 37.3 Å². The summed E-state index contributed by atoms with van der Waals surface area (Å²) in [4.78, 5) is 29.3. The molecule has 4 aromatic rings. The lowest BCUT2D eigenvalue weighted by Gasteiger charge is -2.14. The number of carbonyl (C=O) groups excluding carboxylic acids is 2. The number of carbonyl (C=O) groups is 2. The molecule has 180 valence electrons. The number of hydrogen-bond donors (Lipinski definition) is 2. The van der Waals surface area contributed by atoms with Crippen LogP contribution in [0, 0.1) is 27.7 Å². The Morgan fingerprint density at radius 1 is 1.00 bits per heavy atom. The van der Waals surface area contributed by atoms with Gasteiger partial charge in [-0.3, -0.25) is 14.2 Å². The van der Waals surface area contributed by atoms with Crippen LogP contribution in [0.2, 0.25) is 0 Å². The number of thiazole rings is 1. The lowest BCUT2D eigenvalue weighted by molar-refractivity contribution is -0.113. The van der Waals surface area contributed by atoms with E-state index in [1.165, 1.54) is 23.1 Å². The molecule has 35 heavy (non-hydrogen) atoms. The van der Waals surface area contributed by atoms with E-state index in [1.54, 1.807) is 11.6 Å². The fourth-order valence-corrected chi connectivity index (χ4v) is 4.73. The maximum absolute atomic E-state index is 12.8. The highest BCUT2D eigenvalue weighted by Gasteiger charge is 2.19. The minimum Gasteiger partial charge on any atom is -0.345 e. The number of hydrogen-bond acceptors (Lipinski definition) is 7. The van der Waals surface area contributed by atoms with Gasteiger partial charge in [-0.15, -0.1) is 21.5 Å². The van der Waals surface area contributed by atoms with E-state index >= 15 is 0 Å². The highest BCUT2D eigenvalue weighted by molar-refractivity contribution is 7.99. The van der Waals surface area contributed by atoms with Gasteiger partial charge in [0, 0.05) is 17.1 Å². The summed E-state index contributed by atoms with van der Waals surface area (Å²) in [5.41, 5.74) is 5.82. The van der Waals surface area contributed by atoms with E-state index in [4.69, 9.17) is 0 Å². The average Bonchev–Trinajstić information content (AvgIpc) is 3.49. The molecule has 2 amide bonds. The standard InChI is InChI=1S/C25H26N6O2S2/c1-15-5-6-17(3)20(11-15)31-21(13-27-23(33)19-8-7-16(2)18(4)12-19)29-30-25(31)35-14-22(32)28-24-26-9-10-34-24/h5-12H,13-14H2,1-4H3,(H,27,33)(H,26,28,32). The van der Waals surface area contributed by atoms with Gasteiger partial charge in [0.1, 0.15) is 0 Å². The van der Waals surface area contributed by atoms with Crippen molar-refractivity contribution in [1.29, 1.82) is 0 Å². The van der Waals surface area contributed by atoms with Crippen molar-refractivity contribution in [2.75, 3.05) is 11.1 Å². The highest BCUT2D eigenvalue weighted by Crippen LogP contribution is 2.25. The second kappa shape index (κ2) is 10.8. The van der Waals surface area contributed by atoms with Crippen molar-refractivity contribution in [2.45, 2.75) is 39.4 Å². The Bertz CT molecular complexity index is 1360. The topological polar surface area (TPSA) is 102 Å². The molecule has 0 radical (unpaired) electrons. The Labute approximate surface area is 212 Å². The molecule has 2 aromatic heterocycles. The van der Waals surface area contributed by atoms with Crippen molar-refractivity contribution in [2.24, 2.45) is 0 Å². The number of thioether (sulfide) groups is 1. The molecule has 0 unspecified atom stereocenters. The molecule has 0 spiro atoms. The molecule has 0 fully saturated rings. The van der Waals surface area contributed by atoms with Gasteiger partial charge in [0.25, 0.3) is 5.91 Å². The summed E-state index contributed by atoms with van der Waals surface area (Å²) in [5, 5.41) is 17.4. The quantitative estimate of drug-likeness (QED) is 0.338. The normalized spacial score (nSPS) is 10.9. The molecule has 0 atom stereocenters. The van der Waals surface area contributed by atoms with Crippen molar-refractivity contribution in [3.63, 3.8) is 0 Å². The van der Waals surface area contributed by atoms with Gasteiger partial charge in [0.15, 0.2) is 16.1 Å². The van der Waals surface area contributed by atoms with Gasteiger partial charge < -0.3 is 10.6 Å². The number of nitrogens with zero attached hydrogens (tertiary/aromatic N) is 4. The van der Waals surface area contributed by atoms with Gasteiger partial charge in [0.2, 0.25) is 5.91 Å². The molecule has 4 rings (SSSR count). The molecular formula is C25H26N6O2S2. The Hall–Kier alpha value is -3.50. The molecule has 0 aliphatic heterocycles. The molecule has 2 N–H and O–H groups in total. The van der Waals surface area contributed by atoms with Gasteiger partial charge in [-0.05, 0) is 68.1 Å². The van der Waals surface area contributed by atoms with Crippen LogP contribution in [0.4, 0.5) is 5.13 Å². The molecule has 0 aliphatic rings. The number of nitrogens with one attached hydrogen (secondary N) is 2. The summed E-state index contributed by atoms with van der Waals surface area (Å²) in [7, 11) is 0. The SMILES string of the molecule is Cc1ccc(C)c(-n2c(CNC(=O)c3ccc(C)c(C)c3)nnc2SCC(=O)Nc2nccs2)c1. The van der Waals surface area contributed by atoms with Crippen LogP contribution in [-0.2, 0) is 11.3 Å². The van der Waals surface area contributed by atoms with E-state index in [1.807, 2.05) is 68.7 Å². The predicted molar refractivity (Wildman–Crippen MR) is 139 cm³/mol. The Morgan fingerprint density at radius 2 is 1.80 bits per heavy atom. The predicted octanol–water partition coefficient (Wildman–Crippen LogP) is 4.62. The van der Waals surface area contributed by atoms with E-state index < -0.39 is 0 Å². The van der Waals surface area contributed by atoms with E-state index in [0.29, 0.717) is 21.7 Å². The smallest absolute Gasteiger partial charge is 0.251 e. The monoisotopic (exact) mass is 506 g/mol. The van der Waals surface area contributed by atoms with Crippen molar-refractivity contribution in [3.8, 4) is 5.69 Å². The lowest BCUT2D eigenvalue weighted by atomic mass is 10.1. The van der Waals surface area contributed by atoms with Crippen molar-refractivity contribution >= 4 is 40.0 Å². The van der Waals surface area contributed by atoms with Crippen LogP contribution in [0.25, 0.3) is 5.69 Å².